The summed E-state index contributed by atoms with van der Waals surface area (Å²) in [7, 11) is 1.98. The van der Waals surface area contributed by atoms with Gasteiger partial charge in [0.25, 0.3) is 0 Å². The molecule has 8 nitrogen and oxygen atoms in total. The lowest BCUT2D eigenvalue weighted by molar-refractivity contribution is -0.134. The molecule has 1 aromatic heterocycles. The van der Waals surface area contributed by atoms with Gasteiger partial charge in [-0.05, 0) is 69.1 Å². The molecule has 3 N–H and O–H groups in total. The number of fused-ring (bicyclic) bond motifs is 1. The van der Waals surface area contributed by atoms with Crippen molar-refractivity contribution in [2.75, 3.05) is 11.9 Å². The monoisotopic (exact) mass is 453 g/mol. The molecular formula is C25H35N5O3. The molecule has 1 aliphatic heterocycles. The minimum atomic E-state index is -0.254. The zero-order valence-electron chi connectivity index (χ0n) is 19.9. The number of rotatable bonds is 8. The van der Waals surface area contributed by atoms with Crippen molar-refractivity contribution in [2.24, 2.45) is 23.9 Å². The Morgan fingerprint density at radius 3 is 2.76 bits per heavy atom. The highest BCUT2D eigenvalue weighted by molar-refractivity contribution is 6.11. The van der Waals surface area contributed by atoms with E-state index in [1.54, 1.807) is 5.48 Å². The quantitative estimate of drug-likeness (QED) is 0.414. The van der Waals surface area contributed by atoms with Crippen LogP contribution < -0.4 is 15.5 Å². The number of nitrogens with one attached hydrogen (secondary N) is 2. The van der Waals surface area contributed by atoms with Gasteiger partial charge in [-0.2, -0.15) is 5.10 Å². The minimum Gasteiger partial charge on any atom is -0.493 e. The summed E-state index contributed by atoms with van der Waals surface area (Å²) >= 11 is 0. The van der Waals surface area contributed by atoms with Crippen LogP contribution in [0.4, 0.5) is 5.69 Å². The summed E-state index contributed by atoms with van der Waals surface area (Å²) in [4.78, 5) is 16.5. The molecule has 4 rings (SSSR count). The lowest BCUT2D eigenvalue weighted by Gasteiger charge is -2.27. The number of ether oxygens (including phenoxy) is 1. The van der Waals surface area contributed by atoms with E-state index in [1.165, 1.54) is 5.56 Å². The SMILES string of the molecule is CCCc1nn(C)c2c1NC(c1cc(CC3CCC(C(=O)NO)CC3)ccc1OCC)=NC2. The molecule has 0 unspecified atom stereocenters. The first-order chi connectivity index (χ1) is 16.0. The zero-order chi connectivity index (χ0) is 23.4. The first-order valence-corrected chi connectivity index (χ1v) is 12.1. The van der Waals surface area contributed by atoms with Crippen molar-refractivity contribution in [3.63, 3.8) is 0 Å². The second kappa shape index (κ2) is 10.4. The van der Waals surface area contributed by atoms with Crippen LogP contribution in [0.25, 0.3) is 0 Å². The third-order valence-electron chi connectivity index (χ3n) is 6.81. The number of benzene rings is 1. The normalized spacial score (nSPS) is 19.9. The number of amidine groups is 1. The lowest BCUT2D eigenvalue weighted by Crippen LogP contribution is -2.31. The Labute approximate surface area is 195 Å². The van der Waals surface area contributed by atoms with Gasteiger partial charge in [-0.3, -0.25) is 19.7 Å². The van der Waals surface area contributed by atoms with E-state index >= 15 is 0 Å². The van der Waals surface area contributed by atoms with Crippen LogP contribution in [-0.4, -0.2) is 33.3 Å². The summed E-state index contributed by atoms with van der Waals surface area (Å²) in [5.74, 6) is 1.87. The Bertz CT molecular complexity index is 1020. The average Bonchev–Trinajstić information content (AvgIpc) is 3.15. The van der Waals surface area contributed by atoms with Crippen LogP contribution in [0.3, 0.4) is 0 Å². The molecule has 1 amide bonds. The molecule has 0 saturated heterocycles. The first-order valence-electron chi connectivity index (χ1n) is 12.1. The predicted molar refractivity (Wildman–Crippen MR) is 128 cm³/mol. The Morgan fingerprint density at radius 1 is 1.27 bits per heavy atom. The highest BCUT2D eigenvalue weighted by Crippen LogP contribution is 2.33. The number of hydrogen-bond donors (Lipinski definition) is 3. The van der Waals surface area contributed by atoms with Crippen molar-refractivity contribution in [2.45, 2.75) is 65.3 Å². The van der Waals surface area contributed by atoms with Gasteiger partial charge in [-0.1, -0.05) is 19.4 Å². The van der Waals surface area contributed by atoms with Crippen LogP contribution in [0, 0.1) is 11.8 Å². The van der Waals surface area contributed by atoms with Gasteiger partial charge in [0.2, 0.25) is 5.91 Å². The standard InChI is InChI=1S/C25H35N5O3/c1-4-6-20-23-21(30(3)28-20)15-26-24(27-23)19-14-17(9-12-22(19)33-5-2)13-16-7-10-18(11-8-16)25(31)29-32/h9,12,14,16,18,32H,4-8,10-11,13,15H2,1-3H3,(H,26,27)(H,29,31). The average molecular weight is 454 g/mol. The highest BCUT2D eigenvalue weighted by Gasteiger charge is 2.27. The van der Waals surface area contributed by atoms with Crippen molar-refractivity contribution in [3.05, 3.63) is 40.7 Å². The molecule has 1 saturated carbocycles. The van der Waals surface area contributed by atoms with E-state index in [-0.39, 0.29) is 11.8 Å². The zero-order valence-corrected chi connectivity index (χ0v) is 19.9. The summed E-state index contributed by atoms with van der Waals surface area (Å²) in [5.41, 5.74) is 7.31. The van der Waals surface area contributed by atoms with E-state index in [0.29, 0.717) is 19.1 Å². The Balaban J connectivity index is 1.53. The maximum absolute atomic E-state index is 11.7. The molecule has 33 heavy (non-hydrogen) atoms. The highest BCUT2D eigenvalue weighted by atomic mass is 16.5. The molecule has 0 radical (unpaired) electrons. The first kappa shape index (κ1) is 23.3. The van der Waals surface area contributed by atoms with Crippen molar-refractivity contribution >= 4 is 17.4 Å². The molecular weight excluding hydrogens is 418 g/mol. The topological polar surface area (TPSA) is 101 Å². The minimum absolute atomic E-state index is 0.0751. The van der Waals surface area contributed by atoms with E-state index in [4.69, 9.17) is 20.0 Å². The van der Waals surface area contributed by atoms with E-state index < -0.39 is 0 Å². The molecule has 2 aromatic rings. The van der Waals surface area contributed by atoms with Crippen LogP contribution in [0.15, 0.2) is 23.2 Å². The molecule has 0 atom stereocenters. The van der Waals surface area contributed by atoms with Gasteiger partial charge >= 0.3 is 0 Å². The summed E-state index contributed by atoms with van der Waals surface area (Å²) in [5, 5.41) is 17.1. The number of carbonyl (C=O) groups is 1. The fourth-order valence-corrected chi connectivity index (χ4v) is 5.05. The number of carbonyl (C=O) groups excluding carboxylic acids is 1. The molecule has 1 aliphatic carbocycles. The van der Waals surface area contributed by atoms with Crippen molar-refractivity contribution in [1.29, 1.82) is 0 Å². The number of nitrogens with zero attached hydrogens (tertiary/aromatic N) is 3. The van der Waals surface area contributed by atoms with Crippen molar-refractivity contribution in [3.8, 4) is 5.75 Å². The third-order valence-corrected chi connectivity index (χ3v) is 6.81. The third kappa shape index (κ3) is 5.05. The second-order valence-electron chi connectivity index (χ2n) is 9.09. The number of anilines is 1. The number of hydroxylamine groups is 1. The van der Waals surface area contributed by atoms with Gasteiger partial charge in [0.15, 0.2) is 0 Å². The Morgan fingerprint density at radius 2 is 2.06 bits per heavy atom. The second-order valence-corrected chi connectivity index (χ2v) is 9.09. The summed E-state index contributed by atoms with van der Waals surface area (Å²) < 4.78 is 7.88. The maximum Gasteiger partial charge on any atom is 0.246 e. The smallest absolute Gasteiger partial charge is 0.246 e. The number of hydrogen-bond acceptors (Lipinski definition) is 6. The van der Waals surface area contributed by atoms with E-state index in [0.717, 1.165) is 79.2 Å². The van der Waals surface area contributed by atoms with Crippen molar-refractivity contribution in [1.82, 2.24) is 15.3 Å². The van der Waals surface area contributed by atoms with Crippen LogP contribution in [0.1, 0.15) is 68.5 Å². The Hall–Kier alpha value is -2.87. The molecule has 2 heterocycles. The van der Waals surface area contributed by atoms with Crippen LogP contribution in [0.2, 0.25) is 0 Å². The number of aliphatic imine (C=N–C) groups is 1. The van der Waals surface area contributed by atoms with Gasteiger partial charge in [0, 0.05) is 13.0 Å². The molecule has 0 spiro atoms. The summed E-state index contributed by atoms with van der Waals surface area (Å²) in [6, 6.07) is 6.39. The molecule has 1 fully saturated rings. The molecule has 8 heteroatoms. The Kier molecular flexibility index (Phi) is 7.33. The van der Waals surface area contributed by atoms with E-state index in [9.17, 15) is 4.79 Å². The maximum atomic E-state index is 11.7. The van der Waals surface area contributed by atoms with E-state index in [1.807, 2.05) is 18.7 Å². The van der Waals surface area contributed by atoms with Gasteiger partial charge in [0.05, 0.1) is 35.8 Å². The van der Waals surface area contributed by atoms with Gasteiger partial charge in [-0.15, -0.1) is 0 Å². The van der Waals surface area contributed by atoms with Gasteiger partial charge < -0.3 is 10.1 Å². The number of amides is 1. The van der Waals surface area contributed by atoms with Crippen molar-refractivity contribution < 1.29 is 14.7 Å². The molecule has 1 aromatic carbocycles. The molecule has 2 aliphatic rings. The summed E-state index contributed by atoms with van der Waals surface area (Å²) in [6.45, 7) is 5.35. The fraction of sp³-hybridized carbons (Fsp3) is 0.560. The van der Waals surface area contributed by atoms with Gasteiger partial charge in [-0.25, -0.2) is 5.48 Å². The lowest BCUT2D eigenvalue weighted by atomic mass is 9.79. The van der Waals surface area contributed by atoms with Crippen LogP contribution in [0.5, 0.6) is 5.75 Å². The molecule has 178 valence electrons. The largest absolute Gasteiger partial charge is 0.493 e. The molecule has 0 bridgehead atoms. The predicted octanol–water partition coefficient (Wildman–Crippen LogP) is 4.00. The fourth-order valence-electron chi connectivity index (χ4n) is 5.05. The van der Waals surface area contributed by atoms with Gasteiger partial charge in [0.1, 0.15) is 11.6 Å². The summed E-state index contributed by atoms with van der Waals surface area (Å²) in [6.07, 6.45) is 6.54. The van der Waals surface area contributed by atoms with Crippen LogP contribution in [-0.2, 0) is 31.2 Å². The number of aryl methyl sites for hydroxylation is 2. The number of aromatic nitrogens is 2. The van der Waals surface area contributed by atoms with Crippen LogP contribution >= 0.6 is 0 Å². The van der Waals surface area contributed by atoms with E-state index in [2.05, 4.69) is 30.4 Å².